The summed E-state index contributed by atoms with van der Waals surface area (Å²) in [6.45, 7) is 1.08. The SMILES string of the molecule is Nc1cccc([C@@H]2CCCCN2)c1N. The first-order chi connectivity index (χ1) is 6.79. The Balaban J connectivity index is 2.26. The van der Waals surface area contributed by atoms with Gasteiger partial charge in [-0.15, -0.1) is 0 Å². The number of anilines is 2. The van der Waals surface area contributed by atoms with E-state index < -0.39 is 0 Å². The van der Waals surface area contributed by atoms with Gasteiger partial charge in [-0.3, -0.25) is 0 Å². The van der Waals surface area contributed by atoms with Crippen LogP contribution in [0.15, 0.2) is 18.2 Å². The molecule has 1 aromatic carbocycles. The number of hydrogen-bond donors (Lipinski definition) is 3. The van der Waals surface area contributed by atoms with Crippen LogP contribution in [0, 0.1) is 0 Å². The van der Waals surface area contributed by atoms with Gasteiger partial charge in [-0.2, -0.15) is 0 Å². The molecule has 5 N–H and O–H groups in total. The Morgan fingerprint density at radius 3 is 2.79 bits per heavy atom. The van der Waals surface area contributed by atoms with Crippen LogP contribution in [0.2, 0.25) is 0 Å². The molecule has 76 valence electrons. The van der Waals surface area contributed by atoms with E-state index in [1.807, 2.05) is 12.1 Å². The molecule has 14 heavy (non-hydrogen) atoms. The second kappa shape index (κ2) is 3.88. The van der Waals surface area contributed by atoms with E-state index in [1.165, 1.54) is 12.8 Å². The van der Waals surface area contributed by atoms with E-state index in [2.05, 4.69) is 11.4 Å². The maximum absolute atomic E-state index is 5.95. The predicted molar refractivity (Wildman–Crippen MR) is 59.9 cm³/mol. The van der Waals surface area contributed by atoms with Gasteiger partial charge in [-0.1, -0.05) is 18.6 Å². The first-order valence-electron chi connectivity index (χ1n) is 5.16. The second-order valence-corrected chi connectivity index (χ2v) is 3.85. The lowest BCUT2D eigenvalue weighted by Gasteiger charge is -2.25. The molecule has 0 saturated carbocycles. The number of hydrogen-bond acceptors (Lipinski definition) is 3. The predicted octanol–water partition coefficient (Wildman–Crippen LogP) is 1.67. The molecule has 1 fully saturated rings. The Hall–Kier alpha value is -1.22. The number of benzene rings is 1. The highest BCUT2D eigenvalue weighted by molar-refractivity contribution is 5.67. The van der Waals surface area contributed by atoms with Crippen molar-refractivity contribution >= 4 is 11.4 Å². The smallest absolute Gasteiger partial charge is 0.0596 e. The minimum absolute atomic E-state index is 0.396. The number of nitrogens with two attached hydrogens (primary N) is 2. The topological polar surface area (TPSA) is 64.1 Å². The fourth-order valence-corrected chi connectivity index (χ4v) is 2.02. The molecule has 0 radical (unpaired) electrons. The number of nitrogen functional groups attached to an aromatic ring is 2. The molecule has 1 aliphatic rings. The number of rotatable bonds is 1. The minimum atomic E-state index is 0.396. The summed E-state index contributed by atoms with van der Waals surface area (Å²) < 4.78 is 0. The summed E-state index contributed by atoms with van der Waals surface area (Å²) in [7, 11) is 0. The van der Waals surface area contributed by atoms with Gasteiger partial charge in [-0.25, -0.2) is 0 Å². The van der Waals surface area contributed by atoms with Gasteiger partial charge >= 0.3 is 0 Å². The lowest BCUT2D eigenvalue weighted by molar-refractivity contribution is 0.413. The maximum Gasteiger partial charge on any atom is 0.0596 e. The molecule has 1 aromatic rings. The van der Waals surface area contributed by atoms with Crippen LogP contribution in [-0.2, 0) is 0 Å². The quantitative estimate of drug-likeness (QED) is 0.592. The molecule has 0 aromatic heterocycles. The molecule has 0 unspecified atom stereocenters. The van der Waals surface area contributed by atoms with Gasteiger partial charge in [0, 0.05) is 6.04 Å². The van der Waals surface area contributed by atoms with Gasteiger partial charge < -0.3 is 16.8 Å². The minimum Gasteiger partial charge on any atom is -0.397 e. The third-order valence-electron chi connectivity index (χ3n) is 2.86. The van der Waals surface area contributed by atoms with Crippen molar-refractivity contribution in [3.63, 3.8) is 0 Å². The zero-order valence-electron chi connectivity index (χ0n) is 8.29. The number of para-hydroxylation sites is 1. The van der Waals surface area contributed by atoms with E-state index >= 15 is 0 Å². The third kappa shape index (κ3) is 1.68. The standard InChI is InChI=1S/C11H17N3/c12-9-5-3-4-8(11(9)13)10-6-1-2-7-14-10/h3-5,10,14H,1-2,6-7,12-13H2/t10-/m0/s1. The van der Waals surface area contributed by atoms with Crippen molar-refractivity contribution in [1.29, 1.82) is 0 Å². The summed E-state index contributed by atoms with van der Waals surface area (Å²) in [5, 5.41) is 3.47. The van der Waals surface area contributed by atoms with Crippen LogP contribution in [0.3, 0.4) is 0 Å². The zero-order valence-corrected chi connectivity index (χ0v) is 8.29. The highest BCUT2D eigenvalue weighted by Crippen LogP contribution is 2.30. The average molecular weight is 191 g/mol. The average Bonchev–Trinajstić information content (AvgIpc) is 2.23. The molecule has 0 bridgehead atoms. The van der Waals surface area contributed by atoms with Crippen molar-refractivity contribution in [3.05, 3.63) is 23.8 Å². The summed E-state index contributed by atoms with van der Waals surface area (Å²) in [5.74, 6) is 0. The molecule has 0 amide bonds. The molecule has 1 aliphatic heterocycles. The molecular weight excluding hydrogens is 174 g/mol. The molecule has 1 atom stereocenters. The van der Waals surface area contributed by atoms with Gasteiger partial charge in [0.2, 0.25) is 0 Å². The first kappa shape index (κ1) is 9.34. The van der Waals surface area contributed by atoms with Crippen LogP contribution in [0.1, 0.15) is 30.9 Å². The normalized spacial score (nSPS) is 22.1. The Morgan fingerprint density at radius 1 is 1.21 bits per heavy atom. The molecular formula is C11H17N3. The lowest BCUT2D eigenvalue weighted by Crippen LogP contribution is -2.27. The van der Waals surface area contributed by atoms with Crippen molar-refractivity contribution in [2.75, 3.05) is 18.0 Å². The molecule has 1 saturated heterocycles. The van der Waals surface area contributed by atoms with Crippen LogP contribution < -0.4 is 16.8 Å². The van der Waals surface area contributed by atoms with E-state index in [-0.39, 0.29) is 0 Å². The molecule has 0 aliphatic carbocycles. The van der Waals surface area contributed by atoms with Crippen molar-refractivity contribution in [2.24, 2.45) is 0 Å². The maximum atomic E-state index is 5.95. The summed E-state index contributed by atoms with van der Waals surface area (Å²) in [6.07, 6.45) is 3.69. The highest BCUT2D eigenvalue weighted by atomic mass is 14.9. The first-order valence-corrected chi connectivity index (χ1v) is 5.16. The third-order valence-corrected chi connectivity index (χ3v) is 2.86. The van der Waals surface area contributed by atoms with Gasteiger partial charge in [0.15, 0.2) is 0 Å². The Labute approximate surface area is 84.5 Å². The lowest BCUT2D eigenvalue weighted by atomic mass is 9.96. The van der Waals surface area contributed by atoms with Crippen molar-refractivity contribution < 1.29 is 0 Å². The van der Waals surface area contributed by atoms with Crippen molar-refractivity contribution in [3.8, 4) is 0 Å². The van der Waals surface area contributed by atoms with Crippen LogP contribution in [0.25, 0.3) is 0 Å². The largest absolute Gasteiger partial charge is 0.397 e. The van der Waals surface area contributed by atoms with E-state index in [0.717, 1.165) is 24.2 Å². The molecule has 1 heterocycles. The van der Waals surface area contributed by atoms with E-state index in [1.54, 1.807) is 0 Å². The molecule has 0 spiro atoms. The van der Waals surface area contributed by atoms with Crippen molar-refractivity contribution in [1.82, 2.24) is 5.32 Å². The Morgan fingerprint density at radius 2 is 2.07 bits per heavy atom. The summed E-state index contributed by atoms with van der Waals surface area (Å²) in [6, 6.07) is 6.28. The molecule has 3 heteroatoms. The summed E-state index contributed by atoms with van der Waals surface area (Å²) >= 11 is 0. The zero-order chi connectivity index (χ0) is 9.97. The molecule has 3 nitrogen and oxygen atoms in total. The fourth-order valence-electron chi connectivity index (χ4n) is 2.02. The van der Waals surface area contributed by atoms with Gasteiger partial charge in [-0.05, 0) is 31.0 Å². The van der Waals surface area contributed by atoms with Gasteiger partial charge in [0.25, 0.3) is 0 Å². The summed E-state index contributed by atoms with van der Waals surface area (Å²) in [5.41, 5.74) is 14.3. The monoisotopic (exact) mass is 191 g/mol. The van der Waals surface area contributed by atoms with Crippen LogP contribution >= 0.6 is 0 Å². The van der Waals surface area contributed by atoms with Crippen LogP contribution in [-0.4, -0.2) is 6.54 Å². The van der Waals surface area contributed by atoms with E-state index in [9.17, 15) is 0 Å². The van der Waals surface area contributed by atoms with Crippen LogP contribution in [0.4, 0.5) is 11.4 Å². The number of nitrogens with one attached hydrogen (secondary N) is 1. The van der Waals surface area contributed by atoms with Gasteiger partial charge in [0.1, 0.15) is 0 Å². The summed E-state index contributed by atoms with van der Waals surface area (Å²) in [4.78, 5) is 0. The highest BCUT2D eigenvalue weighted by Gasteiger charge is 2.17. The molecule has 2 rings (SSSR count). The Kier molecular flexibility index (Phi) is 2.59. The number of piperidine rings is 1. The van der Waals surface area contributed by atoms with Crippen LogP contribution in [0.5, 0.6) is 0 Å². The Bertz CT molecular complexity index is 316. The van der Waals surface area contributed by atoms with Gasteiger partial charge in [0.05, 0.1) is 11.4 Å². The van der Waals surface area contributed by atoms with E-state index in [0.29, 0.717) is 11.7 Å². The van der Waals surface area contributed by atoms with E-state index in [4.69, 9.17) is 11.5 Å². The fraction of sp³-hybridized carbons (Fsp3) is 0.455. The van der Waals surface area contributed by atoms with Crippen molar-refractivity contribution in [2.45, 2.75) is 25.3 Å². The second-order valence-electron chi connectivity index (χ2n) is 3.85.